The summed E-state index contributed by atoms with van der Waals surface area (Å²) in [6.07, 6.45) is 8.70. The van der Waals surface area contributed by atoms with Crippen molar-refractivity contribution in [3.05, 3.63) is 144 Å². The van der Waals surface area contributed by atoms with Crippen molar-refractivity contribution in [1.29, 1.82) is 0 Å². The molecule has 0 radical (unpaired) electrons. The number of hydrogen-bond acceptors (Lipinski definition) is 6. The SMILES string of the molecule is CCCCCCCCCCC(CNC(=O)[C@H](Cc1ccccc1)NC(=O)OCc1ccccc1)NC(=O)[C@H](Cc1ccccc1)NC(=O)OCc1ccccc1. The van der Waals surface area contributed by atoms with Crippen molar-refractivity contribution in [2.24, 2.45) is 0 Å². The van der Waals surface area contributed by atoms with Gasteiger partial charge in [-0.05, 0) is 28.7 Å². The molecule has 0 bridgehead atoms. The van der Waals surface area contributed by atoms with E-state index < -0.39 is 36.2 Å². The molecule has 0 aromatic heterocycles. The number of carbonyl (C=O) groups excluding carboxylic acids is 4. The van der Waals surface area contributed by atoms with Crippen LogP contribution >= 0.6 is 0 Å². The molecule has 4 amide bonds. The van der Waals surface area contributed by atoms with E-state index >= 15 is 0 Å². The average molecular weight is 763 g/mol. The minimum Gasteiger partial charge on any atom is -0.445 e. The van der Waals surface area contributed by atoms with Gasteiger partial charge in [-0.3, -0.25) is 9.59 Å². The topological polar surface area (TPSA) is 135 Å². The van der Waals surface area contributed by atoms with Crippen molar-refractivity contribution in [3.63, 3.8) is 0 Å². The molecule has 0 spiro atoms. The molecule has 0 saturated carbocycles. The molecule has 0 aliphatic rings. The Morgan fingerprint density at radius 3 is 1.32 bits per heavy atom. The van der Waals surface area contributed by atoms with Gasteiger partial charge in [0.15, 0.2) is 0 Å². The van der Waals surface area contributed by atoms with Gasteiger partial charge in [-0.2, -0.15) is 0 Å². The van der Waals surface area contributed by atoms with Crippen molar-refractivity contribution in [2.45, 2.75) is 109 Å². The number of amides is 4. The fraction of sp³-hybridized carbons (Fsp3) is 0.391. The van der Waals surface area contributed by atoms with Gasteiger partial charge in [0.2, 0.25) is 11.8 Å². The van der Waals surface area contributed by atoms with Gasteiger partial charge in [0.1, 0.15) is 25.3 Å². The van der Waals surface area contributed by atoms with E-state index in [1.165, 1.54) is 25.7 Å². The van der Waals surface area contributed by atoms with Crippen LogP contribution in [0, 0.1) is 0 Å². The van der Waals surface area contributed by atoms with Crippen LogP contribution in [0.1, 0.15) is 87.0 Å². The van der Waals surface area contributed by atoms with E-state index in [-0.39, 0.29) is 38.5 Å². The minimum atomic E-state index is -0.927. The van der Waals surface area contributed by atoms with Crippen LogP contribution in [0.5, 0.6) is 0 Å². The second-order valence-corrected chi connectivity index (χ2v) is 14.1. The Bertz CT molecular complexity index is 1710. The lowest BCUT2D eigenvalue weighted by atomic mass is 10.0. The van der Waals surface area contributed by atoms with Crippen molar-refractivity contribution in [1.82, 2.24) is 21.3 Å². The standard InChI is InChI=1S/C46H58N4O6/c1-2-3-4-5-6-7-8-21-30-40(48-44(52)42(32-37-24-15-10-16-25-37)50-46(54)56-35-39-28-19-12-20-29-39)33-47-43(51)41(31-36-22-13-9-14-23-36)49-45(53)55-34-38-26-17-11-18-27-38/h9-20,22-29,40-42H,2-8,21,30-35H2,1H3,(H,47,51)(H,48,52)(H,49,53)(H,50,54)/t40?,41-,42-/m0/s1. The van der Waals surface area contributed by atoms with Gasteiger partial charge in [-0.25, -0.2) is 9.59 Å². The highest BCUT2D eigenvalue weighted by atomic mass is 16.6. The van der Waals surface area contributed by atoms with E-state index in [2.05, 4.69) is 28.2 Å². The Labute approximate surface area is 332 Å². The summed E-state index contributed by atoms with van der Waals surface area (Å²) < 4.78 is 10.9. The highest BCUT2D eigenvalue weighted by Crippen LogP contribution is 2.13. The van der Waals surface area contributed by atoms with Gasteiger partial charge in [0, 0.05) is 25.4 Å². The molecular formula is C46H58N4O6. The fourth-order valence-electron chi connectivity index (χ4n) is 6.33. The van der Waals surface area contributed by atoms with Gasteiger partial charge >= 0.3 is 12.2 Å². The molecule has 3 atom stereocenters. The lowest BCUT2D eigenvalue weighted by molar-refractivity contribution is -0.125. The molecule has 0 fully saturated rings. The van der Waals surface area contributed by atoms with Crippen LogP contribution in [0.4, 0.5) is 9.59 Å². The van der Waals surface area contributed by atoms with E-state index in [1.807, 2.05) is 121 Å². The van der Waals surface area contributed by atoms with E-state index in [1.54, 1.807) is 0 Å². The predicted molar refractivity (Wildman–Crippen MR) is 220 cm³/mol. The molecule has 10 heteroatoms. The molecule has 4 rings (SSSR count). The second kappa shape index (κ2) is 25.4. The van der Waals surface area contributed by atoms with Crippen molar-refractivity contribution in [2.75, 3.05) is 6.54 Å². The largest absolute Gasteiger partial charge is 0.445 e. The number of ether oxygens (including phenoxy) is 2. The number of hydrogen-bond donors (Lipinski definition) is 4. The first-order chi connectivity index (χ1) is 27.4. The third-order valence-corrected chi connectivity index (χ3v) is 9.48. The third-order valence-electron chi connectivity index (χ3n) is 9.48. The first kappa shape index (κ1) is 43.1. The van der Waals surface area contributed by atoms with E-state index in [9.17, 15) is 19.2 Å². The molecule has 0 heterocycles. The first-order valence-electron chi connectivity index (χ1n) is 20.0. The lowest BCUT2D eigenvalue weighted by Gasteiger charge is -2.25. The summed E-state index contributed by atoms with van der Waals surface area (Å²) >= 11 is 0. The predicted octanol–water partition coefficient (Wildman–Crippen LogP) is 8.19. The zero-order valence-electron chi connectivity index (χ0n) is 32.6. The van der Waals surface area contributed by atoms with Crippen LogP contribution in [0.2, 0.25) is 0 Å². The van der Waals surface area contributed by atoms with Crippen LogP contribution in [0.25, 0.3) is 0 Å². The Morgan fingerprint density at radius 2 is 0.875 bits per heavy atom. The Hall–Kier alpha value is -5.64. The fourth-order valence-corrected chi connectivity index (χ4v) is 6.33. The summed E-state index contributed by atoms with van der Waals surface area (Å²) in [6, 6.07) is 35.3. The molecule has 4 aromatic carbocycles. The van der Waals surface area contributed by atoms with E-state index in [0.717, 1.165) is 47.9 Å². The molecule has 56 heavy (non-hydrogen) atoms. The Kier molecular flexibility index (Phi) is 19.6. The number of unbranched alkanes of at least 4 members (excludes halogenated alkanes) is 7. The molecule has 4 N–H and O–H groups in total. The maximum atomic E-state index is 14.0. The monoisotopic (exact) mass is 762 g/mol. The zero-order chi connectivity index (χ0) is 39.6. The van der Waals surface area contributed by atoms with Crippen LogP contribution in [-0.2, 0) is 45.1 Å². The van der Waals surface area contributed by atoms with Gasteiger partial charge in [0.05, 0.1) is 0 Å². The molecule has 298 valence electrons. The maximum absolute atomic E-state index is 14.0. The smallest absolute Gasteiger partial charge is 0.408 e. The van der Waals surface area contributed by atoms with Crippen molar-refractivity contribution in [3.8, 4) is 0 Å². The highest BCUT2D eigenvalue weighted by Gasteiger charge is 2.27. The number of carbonyl (C=O) groups is 4. The number of rotatable bonds is 24. The van der Waals surface area contributed by atoms with Gasteiger partial charge in [0.25, 0.3) is 0 Å². The Balaban J connectivity index is 1.43. The molecule has 0 aliphatic heterocycles. The Morgan fingerprint density at radius 1 is 0.482 bits per heavy atom. The molecule has 0 aliphatic carbocycles. The molecule has 10 nitrogen and oxygen atoms in total. The van der Waals surface area contributed by atoms with Crippen LogP contribution < -0.4 is 21.3 Å². The third kappa shape index (κ3) is 17.2. The first-order valence-corrected chi connectivity index (χ1v) is 20.0. The normalized spacial score (nSPS) is 12.4. The maximum Gasteiger partial charge on any atom is 0.408 e. The van der Waals surface area contributed by atoms with Gasteiger partial charge in [-0.15, -0.1) is 0 Å². The molecule has 0 saturated heterocycles. The highest BCUT2D eigenvalue weighted by molar-refractivity contribution is 5.87. The summed E-state index contributed by atoms with van der Waals surface area (Å²) in [6.45, 7) is 2.47. The minimum absolute atomic E-state index is 0.0665. The molecular weight excluding hydrogens is 705 g/mol. The zero-order valence-corrected chi connectivity index (χ0v) is 32.6. The van der Waals surface area contributed by atoms with Crippen LogP contribution in [0.15, 0.2) is 121 Å². The van der Waals surface area contributed by atoms with E-state index in [0.29, 0.717) is 6.42 Å². The van der Waals surface area contributed by atoms with E-state index in [4.69, 9.17) is 9.47 Å². The summed E-state index contributed by atoms with van der Waals surface area (Å²) in [5, 5.41) is 11.6. The summed E-state index contributed by atoms with van der Waals surface area (Å²) in [5.41, 5.74) is 3.40. The summed E-state index contributed by atoms with van der Waals surface area (Å²) in [4.78, 5) is 53.7. The van der Waals surface area contributed by atoms with Crippen LogP contribution in [-0.4, -0.2) is 48.7 Å². The quantitative estimate of drug-likeness (QED) is 0.0532. The number of alkyl carbamates (subject to hydrolysis) is 2. The number of benzene rings is 4. The van der Waals surface area contributed by atoms with Crippen molar-refractivity contribution < 1.29 is 28.7 Å². The lowest BCUT2D eigenvalue weighted by Crippen LogP contribution is -2.55. The summed E-state index contributed by atoms with van der Waals surface area (Å²) in [5.74, 6) is -0.781. The van der Waals surface area contributed by atoms with Gasteiger partial charge < -0.3 is 30.7 Å². The van der Waals surface area contributed by atoms with Crippen molar-refractivity contribution >= 4 is 24.0 Å². The second-order valence-electron chi connectivity index (χ2n) is 14.1. The number of nitrogens with one attached hydrogen (secondary N) is 4. The summed E-state index contributed by atoms with van der Waals surface area (Å²) in [7, 11) is 0. The van der Waals surface area contributed by atoms with Gasteiger partial charge in [-0.1, -0.05) is 180 Å². The average Bonchev–Trinajstić information content (AvgIpc) is 3.23. The van der Waals surface area contributed by atoms with Crippen LogP contribution in [0.3, 0.4) is 0 Å². The molecule has 4 aromatic rings. The molecule has 1 unspecified atom stereocenters.